The molecule has 0 saturated heterocycles. The highest BCUT2D eigenvalue weighted by molar-refractivity contribution is 9.11. The fraction of sp³-hybridized carbons (Fsp3) is 0.222. The molecule has 0 saturated carbocycles. The van der Waals surface area contributed by atoms with Crippen LogP contribution in [-0.4, -0.2) is 12.1 Å². The summed E-state index contributed by atoms with van der Waals surface area (Å²) in [7, 11) is 1.68. The van der Waals surface area contributed by atoms with Gasteiger partial charge in [0.2, 0.25) is 0 Å². The fourth-order valence-corrected chi connectivity index (χ4v) is 2.75. The van der Waals surface area contributed by atoms with Crippen LogP contribution in [0.5, 0.6) is 5.75 Å². The first kappa shape index (κ1) is 8.97. The first-order valence-corrected chi connectivity index (χ1v) is 5.42. The number of methoxy groups -OCH3 is 1. The van der Waals surface area contributed by atoms with Crippen molar-refractivity contribution in [3.8, 4) is 5.75 Å². The normalized spacial score (nSPS) is 10.7. The maximum atomic E-state index is 5.18. The maximum Gasteiger partial charge on any atom is 0.160 e. The largest absolute Gasteiger partial charge is 0.497 e. The van der Waals surface area contributed by atoms with Crippen LogP contribution in [0.15, 0.2) is 16.0 Å². The van der Waals surface area contributed by atoms with E-state index in [1.165, 1.54) is 0 Å². The number of thiazole rings is 1. The van der Waals surface area contributed by atoms with Crippen LogP contribution in [0.4, 0.5) is 0 Å². The fourth-order valence-electron chi connectivity index (χ4n) is 1.26. The van der Waals surface area contributed by atoms with Gasteiger partial charge in [-0.3, -0.25) is 0 Å². The molecule has 0 aliphatic heterocycles. The molecular weight excluding hydrogens is 250 g/mol. The van der Waals surface area contributed by atoms with Crippen molar-refractivity contribution in [1.29, 1.82) is 0 Å². The third-order valence-electron chi connectivity index (χ3n) is 1.87. The number of hydrogen-bond acceptors (Lipinski definition) is 3. The van der Waals surface area contributed by atoms with Crippen molar-refractivity contribution >= 4 is 37.5 Å². The average Bonchev–Trinajstić information content (AvgIpc) is 2.46. The molecular formula is C9H8BrNOS. The zero-order valence-electron chi connectivity index (χ0n) is 7.30. The minimum atomic E-state index is 0.890. The van der Waals surface area contributed by atoms with E-state index in [0.29, 0.717) is 0 Å². The standard InChI is InChI=1S/C9H8BrNOS/c1-5-3-6(12-2)4-7-8(5)11-9(10)13-7/h3-4H,1-2H3. The van der Waals surface area contributed by atoms with Crippen molar-refractivity contribution < 1.29 is 4.74 Å². The van der Waals surface area contributed by atoms with Gasteiger partial charge >= 0.3 is 0 Å². The first-order chi connectivity index (χ1) is 6.20. The summed E-state index contributed by atoms with van der Waals surface area (Å²) in [4.78, 5) is 4.37. The Bertz CT molecular complexity index is 452. The number of nitrogens with zero attached hydrogens (tertiary/aromatic N) is 1. The van der Waals surface area contributed by atoms with Crippen LogP contribution in [0.25, 0.3) is 10.2 Å². The van der Waals surface area contributed by atoms with Gasteiger partial charge in [0.05, 0.1) is 17.3 Å². The predicted octanol–water partition coefficient (Wildman–Crippen LogP) is 3.38. The molecule has 0 unspecified atom stereocenters. The number of halogens is 1. The molecule has 1 aromatic heterocycles. The van der Waals surface area contributed by atoms with E-state index in [4.69, 9.17) is 4.74 Å². The number of hydrogen-bond donors (Lipinski definition) is 0. The topological polar surface area (TPSA) is 22.1 Å². The van der Waals surface area contributed by atoms with Crippen LogP contribution < -0.4 is 4.74 Å². The smallest absolute Gasteiger partial charge is 0.160 e. The van der Waals surface area contributed by atoms with Gasteiger partial charge in [0.25, 0.3) is 0 Å². The van der Waals surface area contributed by atoms with Gasteiger partial charge in [-0.15, -0.1) is 11.3 Å². The van der Waals surface area contributed by atoms with Gasteiger partial charge < -0.3 is 4.74 Å². The molecule has 2 rings (SSSR count). The quantitative estimate of drug-likeness (QED) is 0.782. The summed E-state index contributed by atoms with van der Waals surface area (Å²) >= 11 is 4.99. The van der Waals surface area contributed by atoms with E-state index < -0.39 is 0 Å². The van der Waals surface area contributed by atoms with Crippen LogP contribution in [-0.2, 0) is 0 Å². The van der Waals surface area contributed by atoms with Crippen LogP contribution in [0, 0.1) is 6.92 Å². The summed E-state index contributed by atoms with van der Waals surface area (Å²) in [5, 5.41) is 0. The van der Waals surface area contributed by atoms with Gasteiger partial charge in [0.15, 0.2) is 3.92 Å². The Kier molecular flexibility index (Phi) is 2.26. The van der Waals surface area contributed by atoms with Crippen molar-refractivity contribution in [2.24, 2.45) is 0 Å². The molecule has 0 spiro atoms. The molecule has 4 heteroatoms. The first-order valence-electron chi connectivity index (χ1n) is 3.81. The Labute approximate surface area is 88.7 Å². The van der Waals surface area contributed by atoms with Gasteiger partial charge in [-0.1, -0.05) is 0 Å². The van der Waals surface area contributed by atoms with Crippen LogP contribution in [0.2, 0.25) is 0 Å². The van der Waals surface area contributed by atoms with Crippen molar-refractivity contribution in [2.75, 3.05) is 7.11 Å². The van der Waals surface area contributed by atoms with E-state index in [1.807, 2.05) is 19.1 Å². The highest BCUT2D eigenvalue weighted by Crippen LogP contribution is 2.31. The Morgan fingerprint density at radius 3 is 2.92 bits per heavy atom. The summed E-state index contributed by atoms with van der Waals surface area (Å²) in [5.74, 6) is 0.890. The minimum absolute atomic E-state index is 0.890. The molecule has 1 heterocycles. The van der Waals surface area contributed by atoms with E-state index in [-0.39, 0.29) is 0 Å². The summed E-state index contributed by atoms with van der Waals surface area (Å²) in [6.07, 6.45) is 0. The molecule has 0 atom stereocenters. The molecule has 0 fully saturated rings. The summed E-state index contributed by atoms with van der Waals surface area (Å²) in [6, 6.07) is 4.00. The molecule has 2 aromatic rings. The van der Waals surface area contributed by atoms with Gasteiger partial charge in [-0.25, -0.2) is 4.98 Å². The molecule has 2 nitrogen and oxygen atoms in total. The van der Waals surface area contributed by atoms with E-state index in [0.717, 1.165) is 25.4 Å². The van der Waals surface area contributed by atoms with Gasteiger partial charge in [-0.2, -0.15) is 0 Å². The minimum Gasteiger partial charge on any atom is -0.497 e. The molecule has 0 amide bonds. The van der Waals surface area contributed by atoms with Crippen molar-refractivity contribution in [1.82, 2.24) is 4.98 Å². The van der Waals surface area contributed by atoms with Gasteiger partial charge in [0.1, 0.15) is 5.75 Å². The van der Waals surface area contributed by atoms with Gasteiger partial charge in [-0.05, 0) is 40.5 Å². The average molecular weight is 258 g/mol. The van der Waals surface area contributed by atoms with Crippen LogP contribution in [0.3, 0.4) is 0 Å². The Hall–Kier alpha value is -0.610. The summed E-state index contributed by atoms with van der Waals surface area (Å²) < 4.78 is 7.25. The predicted molar refractivity (Wildman–Crippen MR) is 58.6 cm³/mol. The van der Waals surface area contributed by atoms with Crippen LogP contribution >= 0.6 is 27.3 Å². The number of benzene rings is 1. The Morgan fingerprint density at radius 2 is 2.23 bits per heavy atom. The van der Waals surface area contributed by atoms with Gasteiger partial charge in [0, 0.05) is 0 Å². The highest BCUT2D eigenvalue weighted by atomic mass is 79.9. The van der Waals surface area contributed by atoms with E-state index in [9.17, 15) is 0 Å². The van der Waals surface area contributed by atoms with E-state index in [2.05, 4.69) is 20.9 Å². The summed E-state index contributed by atoms with van der Waals surface area (Å²) in [6.45, 7) is 2.04. The van der Waals surface area contributed by atoms with Crippen molar-refractivity contribution in [3.05, 3.63) is 21.6 Å². The second kappa shape index (κ2) is 3.27. The molecule has 0 aliphatic carbocycles. The monoisotopic (exact) mass is 257 g/mol. The lowest BCUT2D eigenvalue weighted by Crippen LogP contribution is -1.84. The van der Waals surface area contributed by atoms with Crippen molar-refractivity contribution in [3.63, 3.8) is 0 Å². The van der Waals surface area contributed by atoms with E-state index in [1.54, 1.807) is 18.4 Å². The Morgan fingerprint density at radius 1 is 1.46 bits per heavy atom. The Balaban J connectivity index is 2.75. The second-order valence-electron chi connectivity index (χ2n) is 2.76. The lowest BCUT2D eigenvalue weighted by Gasteiger charge is -2.00. The number of fused-ring (bicyclic) bond motifs is 1. The third-order valence-corrected chi connectivity index (χ3v) is 3.32. The second-order valence-corrected chi connectivity index (χ2v) is 5.06. The third kappa shape index (κ3) is 1.56. The zero-order chi connectivity index (χ0) is 9.42. The number of aryl methyl sites for hydroxylation is 1. The summed E-state index contributed by atoms with van der Waals surface area (Å²) in [5.41, 5.74) is 2.20. The lowest BCUT2D eigenvalue weighted by atomic mass is 10.2. The maximum absolute atomic E-state index is 5.18. The molecule has 68 valence electrons. The molecule has 1 aromatic carbocycles. The molecule has 0 aliphatic rings. The van der Waals surface area contributed by atoms with Crippen molar-refractivity contribution in [2.45, 2.75) is 6.92 Å². The molecule has 0 radical (unpaired) electrons. The molecule has 0 bridgehead atoms. The lowest BCUT2D eigenvalue weighted by molar-refractivity contribution is 0.415. The molecule has 13 heavy (non-hydrogen) atoms. The molecule has 0 N–H and O–H groups in total. The van der Waals surface area contributed by atoms with E-state index >= 15 is 0 Å². The SMILES string of the molecule is COc1cc(C)c2nc(Br)sc2c1. The highest BCUT2D eigenvalue weighted by Gasteiger charge is 2.06. The number of aromatic nitrogens is 1. The van der Waals surface area contributed by atoms with Crippen LogP contribution in [0.1, 0.15) is 5.56 Å². The number of rotatable bonds is 1. The number of ether oxygens (including phenoxy) is 1. The zero-order valence-corrected chi connectivity index (χ0v) is 9.70.